The molecule has 5 nitrogen and oxygen atoms in total. The van der Waals surface area contributed by atoms with Crippen LogP contribution in [-0.2, 0) is 23.9 Å². The van der Waals surface area contributed by atoms with E-state index in [0.717, 1.165) is 6.42 Å². The summed E-state index contributed by atoms with van der Waals surface area (Å²) in [7, 11) is 0. The number of rotatable bonds is 4. The summed E-state index contributed by atoms with van der Waals surface area (Å²) in [5, 5.41) is 0. The summed E-state index contributed by atoms with van der Waals surface area (Å²) in [5.74, 6) is -3.29. The van der Waals surface area contributed by atoms with E-state index in [2.05, 4.69) is 6.08 Å². The molecule has 2 rings (SSSR count). The summed E-state index contributed by atoms with van der Waals surface area (Å²) >= 11 is 0. The Bertz CT molecular complexity index is 533. The molecule has 2 bridgehead atoms. The van der Waals surface area contributed by atoms with Crippen LogP contribution in [0.3, 0.4) is 0 Å². The van der Waals surface area contributed by atoms with Crippen LogP contribution in [0.5, 0.6) is 0 Å². The summed E-state index contributed by atoms with van der Waals surface area (Å²) in [6.07, 6.45) is 5.76. The molecule has 0 aromatic heterocycles. The van der Waals surface area contributed by atoms with Crippen molar-refractivity contribution in [2.45, 2.75) is 65.6 Å². The molecule has 0 N–H and O–H groups in total. The lowest BCUT2D eigenvalue weighted by molar-refractivity contribution is -0.176. The molecule has 2 aliphatic carbocycles. The van der Waals surface area contributed by atoms with Gasteiger partial charge in [0, 0.05) is 5.92 Å². The highest BCUT2D eigenvalue weighted by Gasteiger charge is 2.48. The molecule has 3 atom stereocenters. The van der Waals surface area contributed by atoms with E-state index in [1.165, 1.54) is 0 Å². The first-order valence-electron chi connectivity index (χ1n) is 8.55. The largest absolute Gasteiger partial charge is 0.459 e. The second-order valence-electron chi connectivity index (χ2n) is 8.79. The molecule has 0 aromatic rings. The fraction of sp³-hybridized carbons (Fsp3) is 0.737. The second-order valence-corrected chi connectivity index (χ2v) is 8.79. The Morgan fingerprint density at radius 1 is 0.875 bits per heavy atom. The van der Waals surface area contributed by atoms with Crippen LogP contribution >= 0.6 is 0 Å². The van der Waals surface area contributed by atoms with Gasteiger partial charge in [-0.3, -0.25) is 14.4 Å². The van der Waals surface area contributed by atoms with Crippen LogP contribution in [0.15, 0.2) is 12.2 Å². The minimum atomic E-state index is -1.50. The van der Waals surface area contributed by atoms with Gasteiger partial charge in [-0.15, -0.1) is 0 Å². The maximum Gasteiger partial charge on any atom is 0.328 e. The number of carbonyl (C=O) groups excluding carboxylic acids is 3. The van der Waals surface area contributed by atoms with Crippen molar-refractivity contribution in [1.29, 1.82) is 0 Å². The number of Topliss-reactive ketones (excluding diaryl/α,β-unsaturated/α-hetero) is 1. The van der Waals surface area contributed by atoms with Crippen molar-refractivity contribution >= 4 is 17.7 Å². The molecule has 24 heavy (non-hydrogen) atoms. The number of esters is 2. The number of ether oxygens (including phenoxy) is 2. The molecule has 1 fully saturated rings. The molecule has 0 aliphatic heterocycles. The van der Waals surface area contributed by atoms with E-state index in [1.54, 1.807) is 41.5 Å². The first-order chi connectivity index (χ1) is 10.9. The zero-order valence-electron chi connectivity index (χ0n) is 15.4. The van der Waals surface area contributed by atoms with Crippen LogP contribution in [-0.4, -0.2) is 28.9 Å². The summed E-state index contributed by atoms with van der Waals surface area (Å²) in [4.78, 5) is 38.0. The molecule has 0 spiro atoms. The molecule has 3 unspecified atom stereocenters. The van der Waals surface area contributed by atoms with Crippen molar-refractivity contribution in [1.82, 2.24) is 0 Å². The van der Waals surface area contributed by atoms with Crippen molar-refractivity contribution < 1.29 is 23.9 Å². The van der Waals surface area contributed by atoms with Gasteiger partial charge in [0.15, 0.2) is 5.78 Å². The molecule has 0 heterocycles. The van der Waals surface area contributed by atoms with Gasteiger partial charge in [0.05, 0.1) is 0 Å². The molecular weight excluding hydrogens is 308 g/mol. The van der Waals surface area contributed by atoms with Crippen molar-refractivity contribution in [3.63, 3.8) is 0 Å². The van der Waals surface area contributed by atoms with Gasteiger partial charge in [0.25, 0.3) is 0 Å². The van der Waals surface area contributed by atoms with Crippen molar-refractivity contribution in [2.24, 2.45) is 23.7 Å². The molecule has 0 amide bonds. The third kappa shape index (κ3) is 4.46. The van der Waals surface area contributed by atoms with Crippen LogP contribution in [0, 0.1) is 23.7 Å². The Morgan fingerprint density at radius 2 is 1.38 bits per heavy atom. The van der Waals surface area contributed by atoms with Gasteiger partial charge in [-0.2, -0.15) is 0 Å². The molecular formula is C19H28O5. The second kappa shape index (κ2) is 6.34. The van der Waals surface area contributed by atoms with Gasteiger partial charge >= 0.3 is 11.9 Å². The maximum atomic E-state index is 13.0. The number of hydrogen-bond donors (Lipinski definition) is 0. The third-order valence-electron chi connectivity index (χ3n) is 4.21. The van der Waals surface area contributed by atoms with Crippen LogP contribution in [0.1, 0.15) is 54.4 Å². The maximum absolute atomic E-state index is 13.0. The molecule has 5 heteroatoms. The standard InChI is InChI=1S/C19H28O5/c1-18(2,3)23-16(21)14(17(22)24-19(4,5)6)15(20)13-10-11-7-8-12(13)9-11/h7-8,11-14H,9-10H2,1-6H3. The minimum Gasteiger partial charge on any atom is -0.459 e. The fourth-order valence-electron chi connectivity index (χ4n) is 3.37. The Morgan fingerprint density at radius 3 is 1.71 bits per heavy atom. The number of ketones is 1. The monoisotopic (exact) mass is 336 g/mol. The molecule has 2 aliphatic rings. The summed E-state index contributed by atoms with van der Waals surface area (Å²) in [6.45, 7) is 10.3. The normalized spacial score (nSPS) is 25.9. The Kier molecular flexibility index (Phi) is 4.93. The SMILES string of the molecule is CC(C)(C)OC(=O)C(C(=O)OC(C)(C)C)C(=O)C1CC2C=CC1C2. The highest BCUT2D eigenvalue weighted by molar-refractivity contribution is 6.16. The first-order valence-corrected chi connectivity index (χ1v) is 8.55. The lowest BCUT2D eigenvalue weighted by Crippen LogP contribution is -2.43. The van der Waals surface area contributed by atoms with Crippen molar-refractivity contribution in [3.8, 4) is 0 Å². The molecule has 134 valence electrons. The number of allylic oxidation sites excluding steroid dienone is 2. The Hall–Kier alpha value is -1.65. The van der Waals surface area contributed by atoms with Gasteiger partial charge in [-0.05, 0) is 66.2 Å². The molecule has 0 radical (unpaired) electrons. The highest BCUT2D eigenvalue weighted by atomic mass is 16.6. The molecule has 1 saturated carbocycles. The van der Waals surface area contributed by atoms with Gasteiger partial charge in [0.1, 0.15) is 11.2 Å². The van der Waals surface area contributed by atoms with Crippen molar-refractivity contribution in [3.05, 3.63) is 12.2 Å². The van der Waals surface area contributed by atoms with Gasteiger partial charge in [0.2, 0.25) is 5.92 Å². The molecule has 0 aromatic carbocycles. The molecule has 0 saturated heterocycles. The summed E-state index contributed by atoms with van der Waals surface area (Å²) in [5.41, 5.74) is -1.54. The third-order valence-corrected chi connectivity index (χ3v) is 4.21. The van der Waals surface area contributed by atoms with E-state index in [0.29, 0.717) is 12.3 Å². The quantitative estimate of drug-likeness (QED) is 0.448. The highest BCUT2D eigenvalue weighted by Crippen LogP contribution is 2.45. The van der Waals surface area contributed by atoms with Crippen LogP contribution < -0.4 is 0 Å². The zero-order chi connectivity index (χ0) is 18.3. The lowest BCUT2D eigenvalue weighted by Gasteiger charge is -2.28. The van der Waals surface area contributed by atoms with E-state index in [9.17, 15) is 14.4 Å². The van der Waals surface area contributed by atoms with E-state index in [-0.39, 0.29) is 17.6 Å². The zero-order valence-corrected chi connectivity index (χ0v) is 15.4. The Labute approximate surface area is 143 Å². The fourth-order valence-corrected chi connectivity index (χ4v) is 3.37. The lowest BCUT2D eigenvalue weighted by atomic mass is 9.83. The summed E-state index contributed by atoms with van der Waals surface area (Å²) in [6, 6.07) is 0. The van der Waals surface area contributed by atoms with Gasteiger partial charge in [-0.1, -0.05) is 12.2 Å². The van der Waals surface area contributed by atoms with E-state index in [4.69, 9.17) is 9.47 Å². The van der Waals surface area contributed by atoms with E-state index >= 15 is 0 Å². The van der Waals surface area contributed by atoms with Gasteiger partial charge in [-0.25, -0.2) is 0 Å². The Balaban J connectivity index is 2.21. The van der Waals surface area contributed by atoms with Crippen LogP contribution in [0.2, 0.25) is 0 Å². The topological polar surface area (TPSA) is 69.7 Å². The average Bonchev–Trinajstić information content (AvgIpc) is 2.95. The van der Waals surface area contributed by atoms with Crippen LogP contribution in [0.25, 0.3) is 0 Å². The van der Waals surface area contributed by atoms with Crippen molar-refractivity contribution in [2.75, 3.05) is 0 Å². The summed E-state index contributed by atoms with van der Waals surface area (Å²) < 4.78 is 10.6. The average molecular weight is 336 g/mol. The van der Waals surface area contributed by atoms with Crippen LogP contribution in [0.4, 0.5) is 0 Å². The minimum absolute atomic E-state index is 0.120. The van der Waals surface area contributed by atoms with E-state index < -0.39 is 29.1 Å². The first kappa shape index (κ1) is 18.7. The predicted octanol–water partition coefficient (Wildman–Crippen LogP) is 3.07. The number of carbonyl (C=O) groups is 3. The predicted molar refractivity (Wildman–Crippen MR) is 89.0 cm³/mol. The van der Waals surface area contributed by atoms with Gasteiger partial charge < -0.3 is 9.47 Å². The smallest absolute Gasteiger partial charge is 0.328 e. The number of hydrogen-bond acceptors (Lipinski definition) is 5. The van der Waals surface area contributed by atoms with E-state index in [1.807, 2.05) is 6.08 Å². The number of fused-ring (bicyclic) bond motifs is 2.